The molecule has 1 unspecified atom stereocenters. The first-order valence-corrected chi connectivity index (χ1v) is 4.93. The number of hydrogen-bond acceptors (Lipinski definition) is 4. The topological polar surface area (TPSA) is 76.7 Å². The van der Waals surface area contributed by atoms with Gasteiger partial charge in [-0.2, -0.15) is 0 Å². The number of methoxy groups -OCH3 is 1. The van der Waals surface area contributed by atoms with Gasteiger partial charge in [-0.1, -0.05) is 0 Å². The van der Waals surface area contributed by atoms with Crippen LogP contribution in [0.2, 0.25) is 0 Å². The van der Waals surface area contributed by atoms with Crippen molar-refractivity contribution in [2.75, 3.05) is 7.11 Å². The monoisotopic (exact) mass is 226 g/mol. The molecule has 0 spiro atoms. The first-order valence-electron chi connectivity index (χ1n) is 4.93. The highest BCUT2D eigenvalue weighted by Crippen LogP contribution is 2.12. The molecule has 1 aromatic heterocycles. The third kappa shape index (κ3) is 3.20. The van der Waals surface area contributed by atoms with Crippen molar-refractivity contribution in [1.29, 1.82) is 0 Å². The van der Waals surface area contributed by atoms with Gasteiger partial charge in [0, 0.05) is 13.5 Å². The predicted octanol–water partition coefficient (Wildman–Crippen LogP) is 1.98. The zero-order valence-corrected chi connectivity index (χ0v) is 9.23. The van der Waals surface area contributed by atoms with Gasteiger partial charge in [-0.25, -0.2) is 4.79 Å². The lowest BCUT2D eigenvalue weighted by atomic mass is 10.1. The van der Waals surface area contributed by atoms with Crippen LogP contribution in [0.3, 0.4) is 0 Å². The van der Waals surface area contributed by atoms with Gasteiger partial charge in [0.1, 0.15) is 0 Å². The van der Waals surface area contributed by atoms with Crippen LogP contribution in [0.1, 0.15) is 40.9 Å². The van der Waals surface area contributed by atoms with Crippen molar-refractivity contribution in [2.24, 2.45) is 0 Å². The number of carbonyl (C=O) groups excluding carboxylic acids is 1. The normalized spacial score (nSPS) is 12.4. The number of carboxylic acids is 1. The van der Waals surface area contributed by atoms with Crippen LogP contribution < -0.4 is 0 Å². The molecular formula is C11H14O5. The number of hydrogen-bond donors (Lipinski definition) is 1. The molecule has 1 atom stereocenters. The van der Waals surface area contributed by atoms with Gasteiger partial charge in [0.05, 0.1) is 6.10 Å². The Bertz CT molecular complexity index is 379. The van der Waals surface area contributed by atoms with Crippen molar-refractivity contribution in [3.63, 3.8) is 0 Å². The molecule has 0 amide bonds. The van der Waals surface area contributed by atoms with E-state index in [4.69, 9.17) is 14.3 Å². The van der Waals surface area contributed by atoms with Gasteiger partial charge in [-0.3, -0.25) is 4.79 Å². The molecule has 5 nitrogen and oxygen atoms in total. The molecule has 0 bridgehead atoms. The molecule has 0 fully saturated rings. The smallest absolute Gasteiger partial charge is 0.371 e. The number of furan rings is 1. The third-order valence-electron chi connectivity index (χ3n) is 2.27. The lowest BCUT2D eigenvalue weighted by Gasteiger charge is -2.06. The number of ketones is 1. The van der Waals surface area contributed by atoms with E-state index < -0.39 is 5.97 Å². The molecule has 5 heteroatoms. The number of rotatable bonds is 6. The molecular weight excluding hydrogens is 212 g/mol. The summed E-state index contributed by atoms with van der Waals surface area (Å²) in [5, 5.41) is 8.61. The van der Waals surface area contributed by atoms with E-state index in [9.17, 15) is 9.59 Å². The first-order chi connectivity index (χ1) is 7.54. The SMILES string of the molecule is COC(C)CCC(=O)c1ccc(C(=O)O)o1. The average molecular weight is 226 g/mol. The molecule has 0 saturated heterocycles. The van der Waals surface area contributed by atoms with Gasteiger partial charge in [0.25, 0.3) is 0 Å². The number of carbonyl (C=O) groups is 2. The summed E-state index contributed by atoms with van der Waals surface area (Å²) in [5.41, 5.74) is 0. The minimum Gasteiger partial charge on any atom is -0.475 e. The van der Waals surface area contributed by atoms with Crippen molar-refractivity contribution < 1.29 is 23.8 Å². The largest absolute Gasteiger partial charge is 0.475 e. The summed E-state index contributed by atoms with van der Waals surface area (Å²) in [6.45, 7) is 1.86. The second-order valence-corrected chi connectivity index (χ2v) is 3.48. The molecule has 0 saturated carbocycles. The summed E-state index contributed by atoms with van der Waals surface area (Å²) >= 11 is 0. The van der Waals surface area contributed by atoms with Gasteiger partial charge in [0.2, 0.25) is 5.76 Å². The molecule has 0 radical (unpaired) electrons. The van der Waals surface area contributed by atoms with Crippen LogP contribution in [-0.2, 0) is 4.74 Å². The van der Waals surface area contributed by atoms with E-state index in [0.717, 1.165) is 0 Å². The highest BCUT2D eigenvalue weighted by Gasteiger charge is 2.15. The van der Waals surface area contributed by atoms with E-state index >= 15 is 0 Å². The van der Waals surface area contributed by atoms with E-state index in [1.54, 1.807) is 7.11 Å². The summed E-state index contributed by atoms with van der Waals surface area (Å²) in [5.74, 6) is -1.52. The maximum Gasteiger partial charge on any atom is 0.371 e. The zero-order valence-electron chi connectivity index (χ0n) is 9.23. The maximum atomic E-state index is 11.6. The average Bonchev–Trinajstić information content (AvgIpc) is 2.74. The molecule has 0 aliphatic rings. The molecule has 1 heterocycles. The second-order valence-electron chi connectivity index (χ2n) is 3.48. The molecule has 0 aliphatic carbocycles. The molecule has 0 aromatic carbocycles. The highest BCUT2D eigenvalue weighted by molar-refractivity contribution is 5.95. The van der Waals surface area contributed by atoms with Crippen molar-refractivity contribution in [2.45, 2.75) is 25.9 Å². The first kappa shape index (κ1) is 12.4. The summed E-state index contributed by atoms with van der Waals surface area (Å²) in [4.78, 5) is 22.1. The highest BCUT2D eigenvalue weighted by atomic mass is 16.5. The Hall–Kier alpha value is -1.62. The van der Waals surface area contributed by atoms with Crippen molar-refractivity contribution in [3.8, 4) is 0 Å². The Morgan fingerprint density at radius 1 is 1.44 bits per heavy atom. The summed E-state index contributed by atoms with van der Waals surface area (Å²) in [6, 6.07) is 2.65. The van der Waals surface area contributed by atoms with Gasteiger partial charge in [-0.05, 0) is 25.5 Å². The van der Waals surface area contributed by atoms with Crippen LogP contribution in [0.5, 0.6) is 0 Å². The van der Waals surface area contributed by atoms with E-state index in [1.165, 1.54) is 12.1 Å². The van der Waals surface area contributed by atoms with Gasteiger partial charge < -0.3 is 14.3 Å². The van der Waals surface area contributed by atoms with E-state index in [2.05, 4.69) is 0 Å². The molecule has 1 rings (SSSR count). The Morgan fingerprint density at radius 3 is 2.56 bits per heavy atom. The van der Waals surface area contributed by atoms with Crippen LogP contribution in [-0.4, -0.2) is 30.1 Å². The van der Waals surface area contributed by atoms with Crippen LogP contribution in [0.25, 0.3) is 0 Å². The molecule has 1 aromatic rings. The minimum atomic E-state index is -1.18. The van der Waals surface area contributed by atoms with Crippen LogP contribution >= 0.6 is 0 Å². The predicted molar refractivity (Wildman–Crippen MR) is 55.7 cm³/mol. The van der Waals surface area contributed by atoms with Crippen molar-refractivity contribution in [3.05, 3.63) is 23.7 Å². The Balaban J connectivity index is 2.56. The molecule has 1 N–H and O–H groups in total. The Morgan fingerprint density at radius 2 is 2.06 bits per heavy atom. The minimum absolute atomic E-state index is 0.00198. The fraction of sp³-hybridized carbons (Fsp3) is 0.455. The number of Topliss-reactive ketones (excluding diaryl/α,β-unsaturated/α-hetero) is 1. The summed E-state index contributed by atoms with van der Waals surface area (Å²) in [7, 11) is 1.57. The van der Waals surface area contributed by atoms with E-state index in [-0.39, 0.29) is 29.8 Å². The number of aromatic carboxylic acids is 1. The molecule has 0 aliphatic heterocycles. The number of ether oxygens (including phenoxy) is 1. The molecule has 16 heavy (non-hydrogen) atoms. The standard InChI is InChI=1S/C11H14O5/c1-7(15-2)3-4-8(12)9-5-6-10(16-9)11(13)14/h5-7H,3-4H2,1-2H3,(H,13,14). The Labute approximate surface area is 93.0 Å². The van der Waals surface area contributed by atoms with E-state index in [1.807, 2.05) is 6.92 Å². The van der Waals surface area contributed by atoms with Gasteiger partial charge in [0.15, 0.2) is 11.5 Å². The van der Waals surface area contributed by atoms with Gasteiger partial charge >= 0.3 is 5.97 Å². The zero-order chi connectivity index (χ0) is 12.1. The van der Waals surface area contributed by atoms with Crippen molar-refractivity contribution >= 4 is 11.8 Å². The van der Waals surface area contributed by atoms with Crippen LogP contribution in [0, 0.1) is 0 Å². The lowest BCUT2D eigenvalue weighted by Crippen LogP contribution is -2.08. The quantitative estimate of drug-likeness (QED) is 0.750. The van der Waals surface area contributed by atoms with Gasteiger partial charge in [-0.15, -0.1) is 0 Å². The third-order valence-corrected chi connectivity index (χ3v) is 2.27. The number of carboxylic acid groups (broad SMARTS) is 1. The maximum absolute atomic E-state index is 11.6. The molecule has 88 valence electrons. The van der Waals surface area contributed by atoms with Crippen molar-refractivity contribution in [1.82, 2.24) is 0 Å². The van der Waals surface area contributed by atoms with E-state index in [0.29, 0.717) is 6.42 Å². The Kier molecular flexibility index (Phi) is 4.25. The summed E-state index contributed by atoms with van der Waals surface area (Å²) in [6.07, 6.45) is 0.859. The fourth-order valence-corrected chi connectivity index (χ4v) is 1.18. The fourth-order valence-electron chi connectivity index (χ4n) is 1.18. The van der Waals surface area contributed by atoms with Crippen LogP contribution in [0.15, 0.2) is 16.5 Å². The van der Waals surface area contributed by atoms with Crippen LogP contribution in [0.4, 0.5) is 0 Å². The lowest BCUT2D eigenvalue weighted by molar-refractivity contribution is 0.0658. The second kappa shape index (κ2) is 5.46. The summed E-state index contributed by atoms with van der Waals surface area (Å²) < 4.78 is 9.89.